The van der Waals surface area contributed by atoms with Crippen molar-refractivity contribution in [2.45, 2.75) is 483 Å². The number of carbonyl (C=O) groups excluding carboxylic acids is 4. The van der Waals surface area contributed by atoms with Gasteiger partial charge in [-0.05, 0) is 31.6 Å². The molecule has 0 saturated carbocycles. The SMILES string of the molecule is CCCCCCCCCCCCCCCCCCCCCCC(=O)O[C@H](COC(=O)CCCCCCCCCCCCCCCCCCCC)COP(=O)(O)OC[C@@H](O)COP(=O)(O)OC[C@@H](COC(=O)CCCCCCCCCC(C)C)OC(=O)CCCCCCCCCCCCCCCCCCC. The fraction of sp³-hybridized carbons (Fsp3) is 0.953. The smallest absolute Gasteiger partial charge is 0.462 e. The molecule has 624 valence electrons. The fourth-order valence-electron chi connectivity index (χ4n) is 13.5. The van der Waals surface area contributed by atoms with Gasteiger partial charge >= 0.3 is 39.5 Å². The van der Waals surface area contributed by atoms with Crippen LogP contribution in [0, 0.1) is 5.92 Å². The summed E-state index contributed by atoms with van der Waals surface area (Å²) in [4.78, 5) is 73.2. The first-order valence-electron chi connectivity index (χ1n) is 44.6. The van der Waals surface area contributed by atoms with Crippen LogP contribution in [0.25, 0.3) is 0 Å². The highest BCUT2D eigenvalue weighted by Crippen LogP contribution is 2.45. The Hall–Kier alpha value is -1.94. The Morgan fingerprint density at radius 3 is 0.648 bits per heavy atom. The zero-order valence-electron chi connectivity index (χ0n) is 68.9. The van der Waals surface area contributed by atoms with Crippen molar-refractivity contribution in [2.24, 2.45) is 5.92 Å². The van der Waals surface area contributed by atoms with E-state index >= 15 is 0 Å². The van der Waals surface area contributed by atoms with Crippen LogP contribution in [-0.4, -0.2) is 96.7 Å². The summed E-state index contributed by atoms with van der Waals surface area (Å²) in [6.07, 6.45) is 72.4. The number of hydrogen-bond donors (Lipinski definition) is 3. The Morgan fingerprint density at radius 1 is 0.257 bits per heavy atom. The Bertz CT molecular complexity index is 2000. The molecule has 0 aliphatic heterocycles. The molecule has 5 atom stereocenters. The van der Waals surface area contributed by atoms with Crippen molar-refractivity contribution in [3.8, 4) is 0 Å². The lowest BCUT2D eigenvalue weighted by molar-refractivity contribution is -0.161. The van der Waals surface area contributed by atoms with Gasteiger partial charge in [-0.2, -0.15) is 0 Å². The Labute approximate surface area is 645 Å². The predicted octanol–water partition coefficient (Wildman–Crippen LogP) is 26.4. The van der Waals surface area contributed by atoms with Gasteiger partial charge in [-0.1, -0.05) is 413 Å². The minimum Gasteiger partial charge on any atom is -0.462 e. The maximum absolute atomic E-state index is 13.1. The van der Waals surface area contributed by atoms with E-state index in [0.29, 0.717) is 31.6 Å². The quantitative estimate of drug-likeness (QED) is 0.0222. The molecule has 0 aromatic carbocycles. The predicted molar refractivity (Wildman–Crippen MR) is 432 cm³/mol. The van der Waals surface area contributed by atoms with Crippen molar-refractivity contribution >= 4 is 39.5 Å². The molecule has 0 aliphatic rings. The molecular formula is C86H168O17P2. The van der Waals surface area contributed by atoms with Crippen LogP contribution < -0.4 is 0 Å². The monoisotopic (exact) mass is 1540 g/mol. The Morgan fingerprint density at radius 2 is 0.438 bits per heavy atom. The standard InChI is InChI=1S/C86H168O17P2/c1-6-9-12-15-18-21-24-27-30-33-35-36-39-42-45-48-51-56-62-67-71-85(90)102-81(75-96-83(88)69-64-59-54-49-46-43-40-38-34-31-28-25-22-19-16-13-10-7-2)77-100-104(92,93)98-73-80(87)74-99-105(94,95)101-78-82(76-97-84(89)70-65-60-57-52-53-58-63-68-79(4)5)103-86(91)72-66-61-55-50-47-44-41-37-32-29-26-23-20-17-14-11-8-3/h79-82,87H,6-78H2,1-5H3,(H,92,93)(H,94,95)/t80-,81-,82-/m1/s1. The molecule has 0 aromatic heterocycles. The van der Waals surface area contributed by atoms with Crippen LogP contribution in [0.4, 0.5) is 0 Å². The normalized spacial score (nSPS) is 13.8. The van der Waals surface area contributed by atoms with Gasteiger partial charge < -0.3 is 33.8 Å². The number of ether oxygens (including phenoxy) is 4. The molecule has 0 amide bonds. The van der Waals surface area contributed by atoms with Crippen LogP contribution in [0.1, 0.15) is 465 Å². The van der Waals surface area contributed by atoms with E-state index in [4.69, 9.17) is 37.0 Å². The average Bonchev–Trinajstić information content (AvgIpc) is 0.941. The first-order valence-corrected chi connectivity index (χ1v) is 47.6. The highest BCUT2D eigenvalue weighted by atomic mass is 31.2. The van der Waals surface area contributed by atoms with Gasteiger partial charge in [0.2, 0.25) is 0 Å². The van der Waals surface area contributed by atoms with Gasteiger partial charge in [-0.25, -0.2) is 9.13 Å². The van der Waals surface area contributed by atoms with Crippen LogP contribution in [0.15, 0.2) is 0 Å². The van der Waals surface area contributed by atoms with E-state index in [0.717, 1.165) is 96.3 Å². The van der Waals surface area contributed by atoms with Crippen molar-refractivity contribution in [1.82, 2.24) is 0 Å². The third-order valence-electron chi connectivity index (χ3n) is 20.3. The highest BCUT2D eigenvalue weighted by molar-refractivity contribution is 7.47. The Balaban J connectivity index is 5.22. The second-order valence-corrected chi connectivity index (χ2v) is 34.3. The maximum atomic E-state index is 13.1. The van der Waals surface area contributed by atoms with E-state index in [1.54, 1.807) is 0 Å². The van der Waals surface area contributed by atoms with Crippen LogP contribution in [0.5, 0.6) is 0 Å². The summed E-state index contributed by atoms with van der Waals surface area (Å²) in [5.41, 5.74) is 0. The highest BCUT2D eigenvalue weighted by Gasteiger charge is 2.30. The lowest BCUT2D eigenvalue weighted by Gasteiger charge is -2.21. The number of hydrogen-bond acceptors (Lipinski definition) is 15. The van der Waals surface area contributed by atoms with Crippen molar-refractivity contribution in [3.63, 3.8) is 0 Å². The molecule has 2 unspecified atom stereocenters. The molecule has 0 rings (SSSR count). The van der Waals surface area contributed by atoms with Gasteiger partial charge in [0.25, 0.3) is 0 Å². The maximum Gasteiger partial charge on any atom is 0.472 e. The Kier molecular flexibility index (Phi) is 77.3. The molecule has 0 bridgehead atoms. The van der Waals surface area contributed by atoms with Gasteiger partial charge in [-0.3, -0.25) is 37.3 Å². The molecule has 19 heteroatoms. The van der Waals surface area contributed by atoms with Crippen molar-refractivity contribution in [1.29, 1.82) is 0 Å². The lowest BCUT2D eigenvalue weighted by atomic mass is 10.0. The fourth-order valence-corrected chi connectivity index (χ4v) is 15.1. The molecule has 0 spiro atoms. The molecule has 0 fully saturated rings. The van der Waals surface area contributed by atoms with E-state index in [9.17, 15) is 43.2 Å². The molecule has 3 N–H and O–H groups in total. The third-order valence-corrected chi connectivity index (χ3v) is 22.2. The van der Waals surface area contributed by atoms with Gasteiger partial charge in [0, 0.05) is 25.7 Å². The number of aliphatic hydroxyl groups is 1. The van der Waals surface area contributed by atoms with Gasteiger partial charge in [0.15, 0.2) is 12.2 Å². The van der Waals surface area contributed by atoms with Crippen LogP contribution in [0.2, 0.25) is 0 Å². The summed E-state index contributed by atoms with van der Waals surface area (Å²) in [6, 6.07) is 0. The van der Waals surface area contributed by atoms with E-state index in [1.807, 2.05) is 0 Å². The number of phosphoric ester groups is 2. The summed E-state index contributed by atoms with van der Waals surface area (Å²) in [7, 11) is -9.93. The summed E-state index contributed by atoms with van der Waals surface area (Å²) in [6.45, 7) is 7.31. The zero-order valence-corrected chi connectivity index (χ0v) is 70.7. The van der Waals surface area contributed by atoms with Crippen LogP contribution in [0.3, 0.4) is 0 Å². The average molecular weight is 1540 g/mol. The molecule has 0 heterocycles. The second kappa shape index (κ2) is 78.7. The zero-order chi connectivity index (χ0) is 76.9. The third kappa shape index (κ3) is 79.9. The molecule has 0 aliphatic carbocycles. The van der Waals surface area contributed by atoms with Crippen LogP contribution in [-0.2, 0) is 65.4 Å². The molecule has 105 heavy (non-hydrogen) atoms. The first-order chi connectivity index (χ1) is 51.0. The number of carbonyl (C=O) groups is 4. The molecule has 0 saturated heterocycles. The molecule has 0 radical (unpaired) electrons. The minimum absolute atomic E-state index is 0.108. The largest absolute Gasteiger partial charge is 0.472 e. The van der Waals surface area contributed by atoms with Crippen molar-refractivity contribution in [2.75, 3.05) is 39.6 Å². The van der Waals surface area contributed by atoms with E-state index in [-0.39, 0.29) is 25.7 Å². The lowest BCUT2D eigenvalue weighted by Crippen LogP contribution is -2.30. The first kappa shape index (κ1) is 103. The number of unbranched alkanes of at least 4 members (excludes halogenated alkanes) is 58. The molecule has 17 nitrogen and oxygen atoms in total. The summed E-state index contributed by atoms with van der Waals surface area (Å²) >= 11 is 0. The second-order valence-electron chi connectivity index (χ2n) is 31.4. The van der Waals surface area contributed by atoms with Gasteiger partial charge in [0.05, 0.1) is 26.4 Å². The number of phosphoric acid groups is 2. The van der Waals surface area contributed by atoms with Crippen molar-refractivity contribution in [3.05, 3.63) is 0 Å². The van der Waals surface area contributed by atoms with E-state index in [2.05, 4.69) is 34.6 Å². The van der Waals surface area contributed by atoms with E-state index < -0.39 is 97.5 Å². The van der Waals surface area contributed by atoms with Gasteiger partial charge in [-0.15, -0.1) is 0 Å². The number of rotatable bonds is 86. The number of aliphatic hydroxyl groups excluding tert-OH is 1. The van der Waals surface area contributed by atoms with Gasteiger partial charge in [0.1, 0.15) is 19.3 Å². The molecular weight excluding hydrogens is 1370 g/mol. The topological polar surface area (TPSA) is 237 Å². The summed E-state index contributed by atoms with van der Waals surface area (Å²) in [5, 5.41) is 10.7. The summed E-state index contributed by atoms with van der Waals surface area (Å²) < 4.78 is 68.9. The summed E-state index contributed by atoms with van der Waals surface area (Å²) in [5.74, 6) is -1.40. The molecule has 0 aromatic rings. The van der Waals surface area contributed by atoms with Crippen molar-refractivity contribution < 1.29 is 80.2 Å². The van der Waals surface area contributed by atoms with E-state index in [1.165, 1.54) is 283 Å². The minimum atomic E-state index is -4.97. The number of esters is 4. The van der Waals surface area contributed by atoms with Crippen LogP contribution >= 0.6 is 15.6 Å².